The minimum Gasteiger partial charge on any atom is -0.463 e. The Bertz CT molecular complexity index is 1040. The van der Waals surface area contributed by atoms with E-state index in [1.54, 1.807) is 0 Å². The highest BCUT2D eigenvalue weighted by atomic mass is 127. The molecule has 14 nitrogen and oxygen atoms in total. The Morgan fingerprint density at radius 3 is 2.71 bits per heavy atom. The number of carbonyl (C=O) groups is 1. The number of esters is 1. The van der Waals surface area contributed by atoms with Crippen LogP contribution in [0.15, 0.2) is 6.33 Å². The third-order valence-corrected chi connectivity index (χ3v) is 8.24. The summed E-state index contributed by atoms with van der Waals surface area (Å²) in [7, 11) is -5.14. The van der Waals surface area contributed by atoms with Gasteiger partial charge in [0.2, 0.25) is 5.28 Å². The lowest BCUT2D eigenvalue weighted by atomic mass is 10.1. The first-order valence-electron chi connectivity index (χ1n) is 8.63. The van der Waals surface area contributed by atoms with Crippen LogP contribution in [-0.2, 0) is 23.6 Å². The van der Waals surface area contributed by atoms with Crippen LogP contribution in [0.4, 0.5) is 5.82 Å². The molecule has 0 spiro atoms. The molecule has 1 fully saturated rings. The largest absolute Gasteiger partial charge is 0.463 e. The van der Waals surface area contributed by atoms with E-state index >= 15 is 0 Å². The van der Waals surface area contributed by atoms with Crippen LogP contribution in [0, 0.1) is 0 Å². The van der Waals surface area contributed by atoms with Crippen molar-refractivity contribution in [1.29, 1.82) is 0 Å². The van der Waals surface area contributed by atoms with Crippen molar-refractivity contribution in [2.45, 2.75) is 34.8 Å². The summed E-state index contributed by atoms with van der Waals surface area (Å²) in [6.07, 6.45) is -4.31. The molecule has 0 saturated carbocycles. The van der Waals surface area contributed by atoms with Crippen LogP contribution in [0.5, 0.6) is 0 Å². The molecule has 0 aliphatic carbocycles. The number of nitrogens with zero attached hydrogens (tertiary/aromatic N) is 4. The molecule has 1 aliphatic rings. The van der Waals surface area contributed by atoms with Crippen molar-refractivity contribution in [3.63, 3.8) is 0 Å². The Labute approximate surface area is 193 Å². The van der Waals surface area contributed by atoms with Crippen molar-refractivity contribution in [3.05, 3.63) is 11.6 Å². The fourth-order valence-electron chi connectivity index (χ4n) is 2.87. The van der Waals surface area contributed by atoms with Gasteiger partial charge in [-0.3, -0.25) is 9.13 Å². The second-order valence-electron chi connectivity index (χ2n) is 6.39. The summed E-state index contributed by atoms with van der Waals surface area (Å²) in [6.45, 7) is 0.654. The maximum atomic E-state index is 12.1. The number of nitrogens with two attached hydrogens (primary N) is 1. The first-order chi connectivity index (χ1) is 14.4. The summed E-state index contributed by atoms with van der Waals surface area (Å²) in [4.78, 5) is 43.0. The molecule has 3 rings (SSSR count). The Kier molecular flexibility index (Phi) is 7.10. The third kappa shape index (κ3) is 4.51. The van der Waals surface area contributed by atoms with Gasteiger partial charge in [0.15, 0.2) is 17.7 Å². The van der Waals surface area contributed by atoms with Gasteiger partial charge in [0.1, 0.15) is 23.8 Å². The van der Waals surface area contributed by atoms with E-state index in [1.165, 1.54) is 17.8 Å². The summed E-state index contributed by atoms with van der Waals surface area (Å²) in [5, 5.41) is 20.6. The molecule has 3 heterocycles. The number of fused-ring (bicyclic) bond motifs is 1. The fraction of sp³-hybridized carbons (Fsp3) is 0.571. The average molecular weight is 594 g/mol. The van der Waals surface area contributed by atoms with Gasteiger partial charge >= 0.3 is 16.9 Å². The Balaban J connectivity index is 1.83. The highest BCUT2D eigenvalue weighted by Gasteiger charge is 2.56. The highest BCUT2D eigenvalue weighted by molar-refractivity contribution is 14.1. The second-order valence-corrected chi connectivity index (χ2v) is 10.8. The summed E-state index contributed by atoms with van der Waals surface area (Å²) in [5.41, 5.74) is 6.05. The molecule has 1 saturated heterocycles. The van der Waals surface area contributed by atoms with E-state index in [-0.39, 0.29) is 28.9 Å². The number of ether oxygens (including phenoxy) is 3. The first-order valence-corrected chi connectivity index (χ1v) is 11.7. The monoisotopic (exact) mass is 593 g/mol. The van der Waals surface area contributed by atoms with Crippen LogP contribution in [0.1, 0.15) is 13.2 Å². The number of hydrogen-bond donors (Lipinski definition) is 5. The van der Waals surface area contributed by atoms with Gasteiger partial charge in [0.05, 0.1) is 19.5 Å². The zero-order valence-electron chi connectivity index (χ0n) is 15.7. The molecule has 0 bridgehead atoms. The lowest BCUT2D eigenvalue weighted by Gasteiger charge is -2.27. The quantitative estimate of drug-likeness (QED) is 0.0904. The topological polar surface area (TPSA) is 212 Å². The lowest BCUT2D eigenvalue weighted by molar-refractivity contribution is -0.157. The van der Waals surface area contributed by atoms with Crippen molar-refractivity contribution < 1.29 is 43.6 Å². The van der Waals surface area contributed by atoms with E-state index in [1.807, 2.05) is 0 Å². The van der Waals surface area contributed by atoms with E-state index < -0.39 is 48.1 Å². The number of anilines is 1. The molecule has 6 N–H and O–H groups in total. The van der Waals surface area contributed by atoms with E-state index in [4.69, 9.17) is 26.8 Å². The Hall–Kier alpha value is -1.17. The predicted octanol–water partition coefficient (Wildman–Crippen LogP) is -0.473. The van der Waals surface area contributed by atoms with Crippen molar-refractivity contribution >= 4 is 64.7 Å². The first kappa shape index (κ1) is 24.5. The minimum absolute atomic E-state index is 0.00700. The Morgan fingerprint density at radius 2 is 2.10 bits per heavy atom. The van der Waals surface area contributed by atoms with E-state index in [9.17, 15) is 29.4 Å². The summed E-state index contributed by atoms with van der Waals surface area (Å²) in [5.74, 6) is -1.30. The van der Waals surface area contributed by atoms with E-state index in [2.05, 4.69) is 19.7 Å². The maximum absolute atomic E-state index is 12.1. The van der Waals surface area contributed by atoms with Crippen LogP contribution in [0.2, 0.25) is 5.28 Å². The predicted molar refractivity (Wildman–Crippen MR) is 112 cm³/mol. The molecule has 172 valence electrons. The molecule has 31 heavy (non-hydrogen) atoms. The maximum Gasteiger partial charge on any atom is 0.379 e. The Morgan fingerprint density at radius 1 is 1.42 bits per heavy atom. The SMILES string of the molecule is CCOC(=O)C(I)(OCC1OC(n2cnc3c(N)nc(Cl)nc32)C(O)C1O)P(=O)(O)O. The number of aliphatic hydroxyl groups excluding tert-OH is 2. The van der Waals surface area contributed by atoms with Crippen LogP contribution >= 0.6 is 41.8 Å². The number of alkyl halides is 1. The zero-order chi connectivity index (χ0) is 23.1. The molecule has 0 radical (unpaired) electrons. The van der Waals surface area contributed by atoms with Crippen molar-refractivity contribution in [1.82, 2.24) is 19.5 Å². The van der Waals surface area contributed by atoms with Gasteiger partial charge in [-0.05, 0) is 41.1 Å². The van der Waals surface area contributed by atoms with Gasteiger partial charge in [-0.1, -0.05) is 0 Å². The molecule has 17 heteroatoms. The molecule has 5 atom stereocenters. The van der Waals surface area contributed by atoms with E-state index in [0.29, 0.717) is 0 Å². The smallest absolute Gasteiger partial charge is 0.379 e. The molecule has 2 aromatic heterocycles. The van der Waals surface area contributed by atoms with Crippen LogP contribution in [0.25, 0.3) is 11.2 Å². The third-order valence-electron chi connectivity index (χ3n) is 4.37. The van der Waals surface area contributed by atoms with Crippen molar-refractivity contribution in [2.24, 2.45) is 0 Å². The van der Waals surface area contributed by atoms with Crippen LogP contribution < -0.4 is 5.73 Å². The lowest BCUT2D eigenvalue weighted by Crippen LogP contribution is -2.41. The number of aliphatic hydroxyl groups is 2. The second kappa shape index (κ2) is 8.99. The van der Waals surface area contributed by atoms with Gasteiger partial charge in [-0.2, -0.15) is 9.97 Å². The summed E-state index contributed by atoms with van der Waals surface area (Å²) < 4.78 is 25.9. The molecule has 1 aliphatic heterocycles. The van der Waals surface area contributed by atoms with Gasteiger partial charge in [0.25, 0.3) is 0 Å². The zero-order valence-corrected chi connectivity index (χ0v) is 19.5. The number of imidazole rings is 1. The molecule has 2 aromatic rings. The number of rotatable bonds is 7. The summed E-state index contributed by atoms with van der Waals surface area (Å²) in [6, 6.07) is 0. The number of carbonyl (C=O) groups excluding carboxylic acids is 1. The molecule has 5 unspecified atom stereocenters. The van der Waals surface area contributed by atoms with Crippen LogP contribution in [-0.4, -0.2) is 80.4 Å². The minimum atomic E-state index is -5.14. The van der Waals surface area contributed by atoms with Crippen molar-refractivity contribution in [2.75, 3.05) is 18.9 Å². The normalized spacial score (nSPS) is 26.2. The van der Waals surface area contributed by atoms with Gasteiger partial charge in [-0.15, -0.1) is 0 Å². The molecular formula is C14H18ClIN5O9P. The van der Waals surface area contributed by atoms with Gasteiger partial charge < -0.3 is 39.9 Å². The number of halogens is 2. The van der Waals surface area contributed by atoms with Crippen LogP contribution in [0.3, 0.4) is 0 Å². The average Bonchev–Trinajstić information content (AvgIpc) is 3.21. The number of nitrogen functional groups attached to an aromatic ring is 1. The van der Waals surface area contributed by atoms with Crippen molar-refractivity contribution in [3.8, 4) is 0 Å². The molecule has 0 amide bonds. The highest BCUT2D eigenvalue weighted by Crippen LogP contribution is 2.56. The van der Waals surface area contributed by atoms with E-state index in [0.717, 1.165) is 22.6 Å². The van der Waals surface area contributed by atoms with Gasteiger partial charge in [0, 0.05) is 0 Å². The number of aromatic nitrogens is 4. The molecule has 0 aromatic carbocycles. The molecular weight excluding hydrogens is 576 g/mol. The summed E-state index contributed by atoms with van der Waals surface area (Å²) >= 11 is 6.96. The van der Waals surface area contributed by atoms with Gasteiger partial charge in [-0.25, -0.2) is 9.78 Å². The fourth-order valence-corrected chi connectivity index (χ4v) is 3.92. The standard InChI is InChI=1S/C14H18ClIN5O9P/c1-2-28-12(24)14(16,31(25,26)27)29-3-5-7(22)8(23)11(30-5)21-4-18-6-9(17)19-13(15)20-10(6)21/h4-5,7-8,11,22-23H,2-3H2,1H3,(H2,17,19,20)(H2,25,26,27). The number of hydrogen-bond acceptors (Lipinski definition) is 11.